The molecule has 154 valence electrons. The molecule has 1 fully saturated rings. The number of hydrogen-bond donors (Lipinski definition) is 2. The first kappa shape index (κ1) is 24.2. The molecule has 3 rings (SSSR count). The van der Waals surface area contributed by atoms with Crippen molar-refractivity contribution in [2.75, 3.05) is 38.6 Å². The van der Waals surface area contributed by atoms with Gasteiger partial charge in [-0.15, -0.1) is 24.8 Å². The lowest BCUT2D eigenvalue weighted by molar-refractivity contribution is 0.0162. The Hall–Kier alpha value is -1.86. The van der Waals surface area contributed by atoms with Crippen LogP contribution >= 0.6 is 24.8 Å². The molecule has 1 heterocycles. The van der Waals surface area contributed by atoms with Gasteiger partial charge in [0, 0.05) is 30.9 Å². The summed E-state index contributed by atoms with van der Waals surface area (Å²) in [5.41, 5.74) is 8.62. The van der Waals surface area contributed by atoms with Gasteiger partial charge in [-0.2, -0.15) is 0 Å². The number of amides is 1. The van der Waals surface area contributed by atoms with E-state index < -0.39 is 0 Å². The molecule has 8 heteroatoms. The zero-order valence-electron chi connectivity index (χ0n) is 15.7. The van der Waals surface area contributed by atoms with Crippen LogP contribution in [0.4, 0.5) is 10.1 Å². The van der Waals surface area contributed by atoms with Crippen molar-refractivity contribution in [3.8, 4) is 0 Å². The van der Waals surface area contributed by atoms with Crippen molar-refractivity contribution < 1.29 is 13.9 Å². The molecule has 5 nitrogen and oxygen atoms in total. The number of anilines is 1. The van der Waals surface area contributed by atoms with Gasteiger partial charge in [-0.1, -0.05) is 18.2 Å². The van der Waals surface area contributed by atoms with Crippen LogP contribution in [0.15, 0.2) is 42.5 Å². The summed E-state index contributed by atoms with van der Waals surface area (Å²) in [6.45, 7) is 5.02. The number of carbonyl (C=O) groups excluding carboxylic acids is 1. The third-order valence-corrected chi connectivity index (χ3v) is 4.68. The van der Waals surface area contributed by atoms with E-state index >= 15 is 0 Å². The summed E-state index contributed by atoms with van der Waals surface area (Å²) >= 11 is 0. The number of carbonyl (C=O) groups is 1. The van der Waals surface area contributed by atoms with E-state index in [1.165, 1.54) is 12.1 Å². The van der Waals surface area contributed by atoms with Gasteiger partial charge in [0.2, 0.25) is 0 Å². The molecule has 2 aromatic rings. The van der Waals surface area contributed by atoms with Crippen LogP contribution in [-0.2, 0) is 4.74 Å². The first-order valence-electron chi connectivity index (χ1n) is 8.76. The summed E-state index contributed by atoms with van der Waals surface area (Å²) in [4.78, 5) is 14.8. The molecule has 1 amide bonds. The number of rotatable bonds is 5. The van der Waals surface area contributed by atoms with E-state index in [0.29, 0.717) is 31.0 Å². The van der Waals surface area contributed by atoms with E-state index in [2.05, 4.69) is 10.2 Å². The molecular weight excluding hydrogens is 404 g/mol. The highest BCUT2D eigenvalue weighted by molar-refractivity contribution is 5.96. The smallest absolute Gasteiger partial charge is 0.251 e. The van der Waals surface area contributed by atoms with E-state index in [4.69, 9.17) is 10.5 Å². The number of ether oxygens (including phenoxy) is 1. The van der Waals surface area contributed by atoms with Gasteiger partial charge >= 0.3 is 0 Å². The van der Waals surface area contributed by atoms with E-state index in [-0.39, 0.29) is 42.6 Å². The number of morpholine rings is 1. The number of nitrogens with zero attached hydrogens (tertiary/aromatic N) is 1. The number of nitrogens with one attached hydrogen (secondary N) is 1. The summed E-state index contributed by atoms with van der Waals surface area (Å²) in [6, 6.07) is 11.7. The minimum atomic E-state index is -0.279. The van der Waals surface area contributed by atoms with Gasteiger partial charge in [0.05, 0.1) is 19.3 Å². The SMILES string of the molecule is Cc1ccc(N)cc1C(=O)NCC(c1cccc(F)c1)N1CCOCC1.Cl.Cl. The van der Waals surface area contributed by atoms with Gasteiger partial charge in [-0.25, -0.2) is 4.39 Å². The number of benzene rings is 2. The summed E-state index contributed by atoms with van der Waals surface area (Å²) < 4.78 is 19.1. The second-order valence-corrected chi connectivity index (χ2v) is 6.50. The summed E-state index contributed by atoms with van der Waals surface area (Å²) in [5, 5.41) is 2.98. The van der Waals surface area contributed by atoms with Crippen molar-refractivity contribution in [3.63, 3.8) is 0 Å². The first-order valence-corrected chi connectivity index (χ1v) is 8.76. The lowest BCUT2D eigenvalue weighted by Crippen LogP contribution is -2.44. The largest absolute Gasteiger partial charge is 0.399 e. The van der Waals surface area contributed by atoms with Gasteiger partial charge < -0.3 is 15.8 Å². The molecule has 0 bridgehead atoms. The quantitative estimate of drug-likeness (QED) is 0.714. The molecular formula is C20H26Cl2FN3O2. The maximum absolute atomic E-state index is 13.7. The number of nitrogen functional groups attached to an aromatic ring is 1. The predicted octanol–water partition coefficient (Wildman–Crippen LogP) is 3.36. The Kier molecular flexibility index (Phi) is 9.69. The van der Waals surface area contributed by atoms with Crippen LogP contribution in [-0.4, -0.2) is 43.7 Å². The molecule has 1 aliphatic rings. The second kappa shape index (κ2) is 11.2. The molecule has 1 atom stereocenters. The third-order valence-electron chi connectivity index (χ3n) is 4.68. The van der Waals surface area contributed by atoms with Gasteiger partial charge in [0.15, 0.2) is 0 Å². The first-order chi connectivity index (χ1) is 12.5. The predicted molar refractivity (Wildman–Crippen MR) is 114 cm³/mol. The van der Waals surface area contributed by atoms with Crippen LogP contribution < -0.4 is 11.1 Å². The fourth-order valence-electron chi connectivity index (χ4n) is 3.23. The second-order valence-electron chi connectivity index (χ2n) is 6.50. The van der Waals surface area contributed by atoms with Crippen molar-refractivity contribution in [3.05, 3.63) is 65.0 Å². The Labute approximate surface area is 177 Å². The van der Waals surface area contributed by atoms with Crippen molar-refractivity contribution >= 4 is 36.4 Å². The average Bonchev–Trinajstić information content (AvgIpc) is 2.65. The monoisotopic (exact) mass is 429 g/mol. The molecule has 0 aliphatic carbocycles. The number of hydrogen-bond acceptors (Lipinski definition) is 4. The van der Waals surface area contributed by atoms with Gasteiger partial charge in [0.1, 0.15) is 5.82 Å². The Balaban J connectivity index is 0.00000196. The van der Waals surface area contributed by atoms with Crippen LogP contribution in [0.2, 0.25) is 0 Å². The summed E-state index contributed by atoms with van der Waals surface area (Å²) in [7, 11) is 0. The lowest BCUT2D eigenvalue weighted by Gasteiger charge is -2.35. The van der Waals surface area contributed by atoms with Crippen molar-refractivity contribution in [1.29, 1.82) is 0 Å². The molecule has 0 radical (unpaired) electrons. The van der Waals surface area contributed by atoms with Crippen LogP contribution in [0.1, 0.15) is 27.5 Å². The number of nitrogens with two attached hydrogens (primary N) is 1. The molecule has 0 aromatic heterocycles. The van der Waals surface area contributed by atoms with E-state index in [9.17, 15) is 9.18 Å². The van der Waals surface area contributed by atoms with Crippen molar-refractivity contribution in [1.82, 2.24) is 10.2 Å². The van der Waals surface area contributed by atoms with Crippen LogP contribution in [0.3, 0.4) is 0 Å². The zero-order chi connectivity index (χ0) is 18.5. The molecule has 1 unspecified atom stereocenters. The Bertz CT molecular complexity index is 786. The van der Waals surface area contributed by atoms with Crippen LogP contribution in [0, 0.1) is 12.7 Å². The summed E-state index contributed by atoms with van der Waals surface area (Å²) in [5.74, 6) is -0.455. The highest BCUT2D eigenvalue weighted by Crippen LogP contribution is 2.22. The van der Waals surface area contributed by atoms with Gasteiger partial charge in [0.25, 0.3) is 5.91 Å². The number of halogens is 3. The minimum Gasteiger partial charge on any atom is -0.399 e. The van der Waals surface area contributed by atoms with E-state index in [1.807, 2.05) is 19.1 Å². The Morgan fingerprint density at radius 1 is 1.21 bits per heavy atom. The Morgan fingerprint density at radius 2 is 1.93 bits per heavy atom. The third kappa shape index (κ3) is 6.07. The zero-order valence-corrected chi connectivity index (χ0v) is 17.3. The van der Waals surface area contributed by atoms with Crippen LogP contribution in [0.5, 0.6) is 0 Å². The number of aryl methyl sites for hydroxylation is 1. The van der Waals surface area contributed by atoms with E-state index in [1.54, 1.807) is 18.2 Å². The van der Waals surface area contributed by atoms with Crippen molar-refractivity contribution in [2.45, 2.75) is 13.0 Å². The lowest BCUT2D eigenvalue weighted by atomic mass is 10.0. The summed E-state index contributed by atoms with van der Waals surface area (Å²) in [6.07, 6.45) is 0. The normalized spacial score (nSPS) is 15.1. The fourth-order valence-corrected chi connectivity index (χ4v) is 3.23. The van der Waals surface area contributed by atoms with Crippen molar-refractivity contribution in [2.24, 2.45) is 0 Å². The molecule has 3 N–H and O–H groups in total. The maximum atomic E-state index is 13.7. The maximum Gasteiger partial charge on any atom is 0.251 e. The van der Waals surface area contributed by atoms with E-state index in [0.717, 1.165) is 24.2 Å². The molecule has 0 spiro atoms. The highest BCUT2D eigenvalue weighted by atomic mass is 35.5. The molecule has 28 heavy (non-hydrogen) atoms. The van der Waals surface area contributed by atoms with Crippen LogP contribution in [0.25, 0.3) is 0 Å². The molecule has 1 saturated heterocycles. The fraction of sp³-hybridized carbons (Fsp3) is 0.350. The highest BCUT2D eigenvalue weighted by Gasteiger charge is 2.24. The minimum absolute atomic E-state index is 0. The standard InChI is InChI=1S/C20H24FN3O2.2ClH/c1-14-5-6-17(22)12-18(14)20(25)23-13-19(24-7-9-26-10-8-24)15-3-2-4-16(21)11-15;;/h2-6,11-12,19H,7-10,13,22H2,1H3,(H,23,25);2*1H. The Morgan fingerprint density at radius 3 is 2.61 bits per heavy atom. The molecule has 0 saturated carbocycles. The van der Waals surface area contributed by atoms with Gasteiger partial charge in [-0.05, 0) is 42.3 Å². The molecule has 1 aliphatic heterocycles. The average molecular weight is 430 g/mol. The van der Waals surface area contributed by atoms with Gasteiger partial charge in [-0.3, -0.25) is 9.69 Å². The molecule has 2 aromatic carbocycles. The topological polar surface area (TPSA) is 67.6 Å².